The smallest absolute Gasteiger partial charge is 0.267 e. The first-order valence-corrected chi connectivity index (χ1v) is 11.5. The second-order valence-corrected chi connectivity index (χ2v) is 9.83. The maximum Gasteiger partial charge on any atom is 0.267 e. The standard InChI is InChI=1S/C18H28N4O3S/c23-18-13-15-5-1-2-7-17(15)19-22(18)14-16-6-3-8-20(16)10-11-21-9-4-12-26(21,24)25/h13,16H,1-12,14H2. The van der Waals surface area contributed by atoms with E-state index in [1.807, 2.05) is 0 Å². The molecule has 0 amide bonds. The zero-order valence-electron chi connectivity index (χ0n) is 15.3. The number of nitrogens with zero attached hydrogens (tertiary/aromatic N) is 4. The molecule has 1 aromatic heterocycles. The van der Waals surface area contributed by atoms with Crippen molar-refractivity contribution in [1.29, 1.82) is 0 Å². The average molecular weight is 381 g/mol. The Bertz CT molecular complexity index is 820. The van der Waals surface area contributed by atoms with Gasteiger partial charge in [-0.3, -0.25) is 9.69 Å². The Balaban J connectivity index is 1.42. The fourth-order valence-electron chi connectivity index (χ4n) is 4.51. The third-order valence-corrected chi connectivity index (χ3v) is 7.95. The third-order valence-electron chi connectivity index (χ3n) is 6.00. The fraction of sp³-hybridized carbons (Fsp3) is 0.778. The van der Waals surface area contributed by atoms with Crippen molar-refractivity contribution in [2.75, 3.05) is 31.9 Å². The van der Waals surface area contributed by atoms with Crippen LogP contribution >= 0.6 is 0 Å². The van der Waals surface area contributed by atoms with Crippen LogP contribution in [0.4, 0.5) is 0 Å². The van der Waals surface area contributed by atoms with Gasteiger partial charge in [0.1, 0.15) is 0 Å². The summed E-state index contributed by atoms with van der Waals surface area (Å²) in [6.07, 6.45) is 7.11. The minimum Gasteiger partial charge on any atom is -0.297 e. The number of hydrogen-bond acceptors (Lipinski definition) is 5. The Morgan fingerprint density at radius 3 is 2.73 bits per heavy atom. The molecule has 0 bridgehead atoms. The molecule has 3 heterocycles. The number of sulfonamides is 1. The largest absolute Gasteiger partial charge is 0.297 e. The molecule has 2 saturated heterocycles. The maximum atomic E-state index is 12.4. The molecule has 1 unspecified atom stereocenters. The molecule has 144 valence electrons. The van der Waals surface area contributed by atoms with E-state index in [0.717, 1.165) is 69.3 Å². The Kier molecular flexibility index (Phi) is 5.16. The topological polar surface area (TPSA) is 75.5 Å². The summed E-state index contributed by atoms with van der Waals surface area (Å²) in [6.45, 7) is 3.53. The zero-order valence-corrected chi connectivity index (χ0v) is 16.1. The predicted octanol–water partition coefficient (Wildman–Crippen LogP) is 0.622. The van der Waals surface area contributed by atoms with Gasteiger partial charge in [0.2, 0.25) is 10.0 Å². The van der Waals surface area contributed by atoms with Gasteiger partial charge in [0, 0.05) is 31.7 Å². The highest BCUT2D eigenvalue weighted by atomic mass is 32.2. The lowest BCUT2D eigenvalue weighted by Crippen LogP contribution is -2.42. The molecule has 1 aliphatic carbocycles. The SMILES string of the molecule is O=c1cc2c(nn1CC1CCCN1CCN1CCCS1(=O)=O)CCCC2. The Hall–Kier alpha value is -1.25. The highest BCUT2D eigenvalue weighted by molar-refractivity contribution is 7.89. The predicted molar refractivity (Wildman–Crippen MR) is 99.7 cm³/mol. The molecule has 0 radical (unpaired) electrons. The van der Waals surface area contributed by atoms with Crippen LogP contribution in [0.15, 0.2) is 10.9 Å². The van der Waals surface area contributed by atoms with Crippen molar-refractivity contribution >= 4 is 10.0 Å². The van der Waals surface area contributed by atoms with E-state index in [0.29, 0.717) is 19.6 Å². The van der Waals surface area contributed by atoms with Gasteiger partial charge in [-0.05, 0) is 57.1 Å². The number of rotatable bonds is 5. The molecule has 0 N–H and O–H groups in total. The number of hydrogen-bond donors (Lipinski definition) is 0. The van der Waals surface area contributed by atoms with Gasteiger partial charge in [0.25, 0.3) is 5.56 Å². The number of aromatic nitrogens is 2. The molecule has 1 atom stereocenters. The molecule has 0 aromatic carbocycles. The first kappa shape index (κ1) is 18.1. The highest BCUT2D eigenvalue weighted by Crippen LogP contribution is 2.21. The van der Waals surface area contributed by atoms with Crippen molar-refractivity contribution in [2.45, 2.75) is 57.5 Å². The molecular weight excluding hydrogens is 352 g/mol. The first-order valence-electron chi connectivity index (χ1n) is 9.85. The molecular formula is C18H28N4O3S. The summed E-state index contributed by atoms with van der Waals surface area (Å²) in [5.41, 5.74) is 2.21. The van der Waals surface area contributed by atoms with E-state index >= 15 is 0 Å². The second-order valence-electron chi connectivity index (χ2n) is 7.74. The number of fused-ring (bicyclic) bond motifs is 1. The quantitative estimate of drug-likeness (QED) is 0.749. The van der Waals surface area contributed by atoms with Gasteiger partial charge in [-0.1, -0.05) is 0 Å². The van der Waals surface area contributed by atoms with Crippen molar-refractivity contribution in [3.05, 3.63) is 27.7 Å². The Labute approximate surface area is 155 Å². The minimum atomic E-state index is -3.03. The lowest BCUT2D eigenvalue weighted by Gasteiger charge is -2.27. The highest BCUT2D eigenvalue weighted by Gasteiger charge is 2.31. The first-order chi connectivity index (χ1) is 12.5. The van der Waals surface area contributed by atoms with Gasteiger partial charge in [0.05, 0.1) is 18.0 Å². The van der Waals surface area contributed by atoms with Crippen LogP contribution in [0.3, 0.4) is 0 Å². The summed E-state index contributed by atoms with van der Waals surface area (Å²) < 4.78 is 27.2. The summed E-state index contributed by atoms with van der Waals surface area (Å²) in [5.74, 6) is 0.283. The van der Waals surface area contributed by atoms with Crippen molar-refractivity contribution < 1.29 is 8.42 Å². The summed E-state index contributed by atoms with van der Waals surface area (Å²) in [6, 6.07) is 2.05. The van der Waals surface area contributed by atoms with Gasteiger partial charge in [-0.25, -0.2) is 17.4 Å². The van der Waals surface area contributed by atoms with Crippen LogP contribution in [0.25, 0.3) is 0 Å². The molecule has 4 rings (SSSR count). The molecule has 1 aromatic rings. The van der Waals surface area contributed by atoms with Gasteiger partial charge >= 0.3 is 0 Å². The molecule has 0 spiro atoms. The summed E-state index contributed by atoms with van der Waals surface area (Å²) in [7, 11) is -3.03. The molecule has 2 fully saturated rings. The van der Waals surface area contributed by atoms with E-state index in [1.165, 1.54) is 0 Å². The van der Waals surface area contributed by atoms with Crippen molar-refractivity contribution in [1.82, 2.24) is 19.0 Å². The van der Waals surface area contributed by atoms with Gasteiger partial charge in [-0.2, -0.15) is 5.10 Å². The van der Waals surface area contributed by atoms with E-state index < -0.39 is 10.0 Å². The Morgan fingerprint density at radius 2 is 1.92 bits per heavy atom. The van der Waals surface area contributed by atoms with Crippen LogP contribution in [0.1, 0.15) is 43.4 Å². The number of likely N-dealkylation sites (tertiary alicyclic amines) is 1. The maximum absolute atomic E-state index is 12.4. The summed E-state index contributed by atoms with van der Waals surface area (Å²) >= 11 is 0. The zero-order chi connectivity index (χ0) is 18.1. The van der Waals surface area contributed by atoms with E-state index in [-0.39, 0.29) is 17.4 Å². The molecule has 0 saturated carbocycles. The van der Waals surface area contributed by atoms with Crippen LogP contribution in [-0.2, 0) is 29.4 Å². The van der Waals surface area contributed by atoms with Gasteiger partial charge in [-0.15, -0.1) is 0 Å². The van der Waals surface area contributed by atoms with Crippen LogP contribution in [0.5, 0.6) is 0 Å². The lowest BCUT2D eigenvalue weighted by molar-refractivity contribution is 0.211. The van der Waals surface area contributed by atoms with Crippen LogP contribution in [0, 0.1) is 0 Å². The van der Waals surface area contributed by atoms with Gasteiger partial charge in [0.15, 0.2) is 0 Å². The van der Waals surface area contributed by atoms with E-state index in [9.17, 15) is 13.2 Å². The average Bonchev–Trinajstić information content (AvgIpc) is 3.19. The third kappa shape index (κ3) is 3.73. The van der Waals surface area contributed by atoms with Crippen LogP contribution < -0.4 is 5.56 Å². The molecule has 3 aliphatic rings. The van der Waals surface area contributed by atoms with Gasteiger partial charge < -0.3 is 0 Å². The minimum absolute atomic E-state index is 0.000351. The van der Waals surface area contributed by atoms with E-state index in [4.69, 9.17) is 0 Å². The Morgan fingerprint density at radius 1 is 1.08 bits per heavy atom. The molecule has 2 aliphatic heterocycles. The van der Waals surface area contributed by atoms with Crippen LogP contribution in [-0.4, -0.2) is 65.4 Å². The number of aryl methyl sites for hydroxylation is 2. The molecule has 8 heteroatoms. The summed E-state index contributed by atoms with van der Waals surface area (Å²) in [5, 5.41) is 4.64. The second kappa shape index (κ2) is 7.40. The summed E-state index contributed by atoms with van der Waals surface area (Å²) in [4.78, 5) is 14.8. The van der Waals surface area contributed by atoms with E-state index in [2.05, 4.69) is 10.00 Å². The van der Waals surface area contributed by atoms with Crippen LogP contribution in [0.2, 0.25) is 0 Å². The fourth-order valence-corrected chi connectivity index (χ4v) is 6.03. The van der Waals surface area contributed by atoms with E-state index in [1.54, 1.807) is 15.1 Å². The van der Waals surface area contributed by atoms with Crippen molar-refractivity contribution in [3.63, 3.8) is 0 Å². The normalized spacial score (nSPS) is 26.2. The van der Waals surface area contributed by atoms with Crippen molar-refractivity contribution in [2.24, 2.45) is 0 Å². The monoisotopic (exact) mass is 380 g/mol. The molecule has 26 heavy (non-hydrogen) atoms. The van der Waals surface area contributed by atoms with Crippen molar-refractivity contribution in [3.8, 4) is 0 Å². The molecule has 7 nitrogen and oxygen atoms in total. The lowest BCUT2D eigenvalue weighted by atomic mass is 9.97.